The first-order valence-electron chi connectivity index (χ1n) is 8.45. The number of nitrogens with zero attached hydrogens (tertiary/aromatic N) is 2. The van der Waals surface area contributed by atoms with Crippen LogP contribution in [0.25, 0.3) is 0 Å². The molecule has 0 spiro atoms. The van der Waals surface area contributed by atoms with Crippen molar-refractivity contribution in [2.24, 2.45) is 10.7 Å². The van der Waals surface area contributed by atoms with Crippen LogP contribution in [0.2, 0.25) is 0 Å². The summed E-state index contributed by atoms with van der Waals surface area (Å²) in [6, 6.07) is 7.38. The van der Waals surface area contributed by atoms with Crippen molar-refractivity contribution in [3.8, 4) is 0 Å². The number of morpholine rings is 1. The zero-order valence-corrected chi connectivity index (χ0v) is 17.4. The molecule has 1 aliphatic heterocycles. The Bertz CT molecular complexity index is 562. The molecule has 0 atom stereocenters. The molecule has 9 heteroatoms. The van der Waals surface area contributed by atoms with E-state index in [1.165, 1.54) is 7.11 Å². The highest BCUT2D eigenvalue weighted by atomic mass is 127. The smallest absolute Gasteiger partial charge is 0.411 e. The Morgan fingerprint density at radius 2 is 2.00 bits per heavy atom. The van der Waals surface area contributed by atoms with Gasteiger partial charge >= 0.3 is 6.09 Å². The summed E-state index contributed by atoms with van der Waals surface area (Å²) in [6.45, 7) is 5.98. The summed E-state index contributed by atoms with van der Waals surface area (Å²) in [5.74, 6) is 0.443. The molecule has 2 rings (SSSR count). The van der Waals surface area contributed by atoms with Crippen LogP contribution in [0.1, 0.15) is 12.0 Å². The molecule has 26 heavy (non-hydrogen) atoms. The van der Waals surface area contributed by atoms with Gasteiger partial charge in [0.25, 0.3) is 0 Å². The molecule has 1 fully saturated rings. The van der Waals surface area contributed by atoms with E-state index >= 15 is 0 Å². The van der Waals surface area contributed by atoms with Crippen LogP contribution in [0.4, 0.5) is 10.5 Å². The van der Waals surface area contributed by atoms with Crippen LogP contribution >= 0.6 is 24.0 Å². The quantitative estimate of drug-likeness (QED) is 0.239. The number of benzene rings is 1. The van der Waals surface area contributed by atoms with Crippen molar-refractivity contribution >= 4 is 41.7 Å². The standard InChI is InChI=1S/C17H27N5O3.HI/c1-24-17(23)21-15-5-3-14(4-6-15)13-20-16(18)19-7-2-8-22-9-11-25-12-10-22;/h3-6H,2,7-13H2,1H3,(H,21,23)(H3,18,19,20);1H. The third-order valence-corrected chi connectivity index (χ3v) is 3.88. The normalized spacial score (nSPS) is 15.0. The van der Waals surface area contributed by atoms with Crippen molar-refractivity contribution in [2.45, 2.75) is 13.0 Å². The van der Waals surface area contributed by atoms with Gasteiger partial charge in [-0.3, -0.25) is 10.2 Å². The summed E-state index contributed by atoms with van der Waals surface area (Å²) in [6.07, 6.45) is 0.528. The van der Waals surface area contributed by atoms with E-state index in [2.05, 4.69) is 25.3 Å². The number of hydrogen-bond donors (Lipinski definition) is 3. The molecule has 0 bridgehead atoms. The number of nitrogens with two attached hydrogens (primary N) is 1. The molecule has 4 N–H and O–H groups in total. The maximum absolute atomic E-state index is 11.1. The van der Waals surface area contributed by atoms with Gasteiger partial charge in [-0.2, -0.15) is 0 Å². The van der Waals surface area contributed by atoms with Gasteiger partial charge in [0.1, 0.15) is 0 Å². The Labute approximate surface area is 171 Å². The Hall–Kier alpha value is -1.59. The first-order valence-corrected chi connectivity index (χ1v) is 8.45. The predicted octanol–water partition coefficient (Wildman–Crippen LogP) is 1.61. The molecule has 0 aromatic heterocycles. The number of amides is 1. The summed E-state index contributed by atoms with van der Waals surface area (Å²) in [5, 5.41) is 5.73. The fourth-order valence-corrected chi connectivity index (χ4v) is 2.44. The highest BCUT2D eigenvalue weighted by Crippen LogP contribution is 2.10. The topological polar surface area (TPSA) is 101 Å². The molecule has 1 aromatic rings. The number of anilines is 1. The predicted molar refractivity (Wildman–Crippen MR) is 113 cm³/mol. The number of aliphatic imine (C=N–C) groups is 1. The van der Waals surface area contributed by atoms with E-state index in [1.807, 2.05) is 12.1 Å². The number of halogens is 1. The van der Waals surface area contributed by atoms with Crippen LogP contribution in [0.15, 0.2) is 29.3 Å². The van der Waals surface area contributed by atoms with E-state index in [0.717, 1.165) is 51.4 Å². The summed E-state index contributed by atoms with van der Waals surface area (Å²) < 4.78 is 9.87. The van der Waals surface area contributed by atoms with Gasteiger partial charge < -0.3 is 20.5 Å². The van der Waals surface area contributed by atoms with Crippen LogP contribution in [-0.4, -0.2) is 63.5 Å². The second kappa shape index (κ2) is 12.7. The molecule has 1 heterocycles. The number of guanidine groups is 1. The average molecular weight is 477 g/mol. The molecule has 0 aliphatic carbocycles. The summed E-state index contributed by atoms with van der Waals surface area (Å²) in [5.41, 5.74) is 7.57. The molecule has 0 saturated carbocycles. The van der Waals surface area contributed by atoms with Gasteiger partial charge in [0, 0.05) is 25.3 Å². The Balaban J connectivity index is 0.00000338. The van der Waals surface area contributed by atoms with E-state index in [4.69, 9.17) is 10.5 Å². The van der Waals surface area contributed by atoms with Gasteiger partial charge in [-0.25, -0.2) is 9.79 Å². The fraction of sp³-hybridized carbons (Fsp3) is 0.529. The Morgan fingerprint density at radius 1 is 1.31 bits per heavy atom. The van der Waals surface area contributed by atoms with Gasteiger partial charge in [-0.1, -0.05) is 12.1 Å². The molecule has 146 valence electrons. The lowest BCUT2D eigenvalue weighted by atomic mass is 10.2. The molecule has 1 amide bonds. The van der Waals surface area contributed by atoms with Crippen molar-refractivity contribution in [1.82, 2.24) is 10.2 Å². The van der Waals surface area contributed by atoms with Crippen LogP contribution in [0, 0.1) is 0 Å². The van der Waals surface area contributed by atoms with E-state index in [0.29, 0.717) is 18.2 Å². The molecule has 1 aliphatic rings. The number of carbonyl (C=O) groups is 1. The van der Waals surface area contributed by atoms with Gasteiger partial charge in [-0.05, 0) is 30.7 Å². The van der Waals surface area contributed by atoms with Crippen molar-refractivity contribution in [3.63, 3.8) is 0 Å². The van der Waals surface area contributed by atoms with Crippen LogP contribution in [0.5, 0.6) is 0 Å². The summed E-state index contributed by atoms with van der Waals surface area (Å²) in [4.78, 5) is 17.8. The number of ether oxygens (including phenoxy) is 2. The maximum Gasteiger partial charge on any atom is 0.411 e. The Morgan fingerprint density at radius 3 is 2.65 bits per heavy atom. The molecule has 1 saturated heterocycles. The van der Waals surface area contributed by atoms with Gasteiger partial charge in [0.15, 0.2) is 5.96 Å². The second-order valence-electron chi connectivity index (χ2n) is 5.75. The van der Waals surface area contributed by atoms with Crippen molar-refractivity contribution < 1.29 is 14.3 Å². The van der Waals surface area contributed by atoms with Crippen molar-refractivity contribution in [1.29, 1.82) is 0 Å². The molecular formula is C17H28IN5O3. The largest absolute Gasteiger partial charge is 0.453 e. The van der Waals surface area contributed by atoms with Gasteiger partial charge in [0.2, 0.25) is 0 Å². The third kappa shape index (κ3) is 8.68. The van der Waals surface area contributed by atoms with E-state index in [9.17, 15) is 4.79 Å². The number of hydrogen-bond acceptors (Lipinski definition) is 5. The number of carbonyl (C=O) groups excluding carboxylic acids is 1. The summed E-state index contributed by atoms with van der Waals surface area (Å²) in [7, 11) is 1.33. The lowest BCUT2D eigenvalue weighted by molar-refractivity contribution is 0.0376. The maximum atomic E-state index is 11.1. The number of rotatable bonds is 7. The van der Waals surface area contributed by atoms with Crippen molar-refractivity contribution in [3.05, 3.63) is 29.8 Å². The SMILES string of the molecule is COC(=O)Nc1ccc(CN=C(N)NCCCN2CCOCC2)cc1.I. The highest BCUT2D eigenvalue weighted by Gasteiger charge is 2.09. The van der Waals surface area contributed by atoms with Crippen LogP contribution < -0.4 is 16.4 Å². The molecule has 8 nitrogen and oxygen atoms in total. The van der Waals surface area contributed by atoms with Crippen molar-refractivity contribution in [2.75, 3.05) is 51.8 Å². The van der Waals surface area contributed by atoms with E-state index < -0.39 is 6.09 Å². The third-order valence-electron chi connectivity index (χ3n) is 3.88. The van der Waals surface area contributed by atoms with Gasteiger partial charge in [-0.15, -0.1) is 24.0 Å². The number of methoxy groups -OCH3 is 1. The first-order chi connectivity index (χ1) is 12.2. The Kier molecular flexibility index (Phi) is 11.0. The van der Waals surface area contributed by atoms with Crippen LogP contribution in [-0.2, 0) is 16.0 Å². The number of nitrogens with one attached hydrogen (secondary N) is 2. The lowest BCUT2D eigenvalue weighted by Gasteiger charge is -2.26. The zero-order chi connectivity index (χ0) is 17.9. The van der Waals surface area contributed by atoms with E-state index in [-0.39, 0.29) is 24.0 Å². The summed E-state index contributed by atoms with van der Waals surface area (Å²) >= 11 is 0. The molecule has 1 aromatic carbocycles. The minimum Gasteiger partial charge on any atom is -0.453 e. The monoisotopic (exact) mass is 477 g/mol. The minimum atomic E-state index is -0.490. The van der Waals surface area contributed by atoms with E-state index in [1.54, 1.807) is 12.1 Å². The lowest BCUT2D eigenvalue weighted by Crippen LogP contribution is -2.39. The highest BCUT2D eigenvalue weighted by molar-refractivity contribution is 14.0. The average Bonchev–Trinajstić information content (AvgIpc) is 2.65. The van der Waals surface area contributed by atoms with Gasteiger partial charge in [0.05, 0.1) is 26.9 Å². The molecular weight excluding hydrogens is 449 g/mol. The second-order valence-corrected chi connectivity index (χ2v) is 5.75. The first kappa shape index (κ1) is 22.5. The minimum absolute atomic E-state index is 0. The zero-order valence-electron chi connectivity index (χ0n) is 15.1. The molecule has 0 radical (unpaired) electrons. The fourth-order valence-electron chi connectivity index (χ4n) is 2.44. The van der Waals surface area contributed by atoms with Crippen LogP contribution in [0.3, 0.4) is 0 Å². The molecule has 0 unspecified atom stereocenters.